The molecule has 0 spiro atoms. The number of carbonyl (C=O) groups excluding carboxylic acids is 2. The number of aromatic nitrogens is 2. The number of anilines is 1. The molecule has 26 heavy (non-hydrogen) atoms. The second-order valence-corrected chi connectivity index (χ2v) is 7.28. The Hall–Kier alpha value is -2.28. The van der Waals surface area contributed by atoms with Crippen molar-refractivity contribution in [3.05, 3.63) is 30.3 Å². The van der Waals surface area contributed by atoms with E-state index < -0.39 is 6.04 Å². The first-order valence-electron chi connectivity index (χ1n) is 9.04. The van der Waals surface area contributed by atoms with E-state index in [2.05, 4.69) is 20.8 Å². The predicted molar refractivity (Wildman–Crippen MR) is 105 cm³/mol. The molecule has 2 atom stereocenters. The molecule has 0 radical (unpaired) electrons. The molecular weight excluding hydrogens is 348 g/mol. The normalized spacial score (nSPS) is 13.0. The second-order valence-electron chi connectivity index (χ2n) is 6.30. The first kappa shape index (κ1) is 20.0. The van der Waals surface area contributed by atoms with Gasteiger partial charge in [-0.15, -0.1) is 10.2 Å². The van der Waals surface area contributed by atoms with Crippen LogP contribution in [-0.4, -0.2) is 28.1 Å². The van der Waals surface area contributed by atoms with E-state index in [4.69, 9.17) is 0 Å². The number of carbonyl (C=O) groups is 2. The van der Waals surface area contributed by atoms with Gasteiger partial charge >= 0.3 is 0 Å². The summed E-state index contributed by atoms with van der Waals surface area (Å²) in [6, 6.07) is 9.11. The zero-order valence-corrected chi connectivity index (χ0v) is 16.3. The molecule has 7 heteroatoms. The lowest BCUT2D eigenvalue weighted by molar-refractivity contribution is -0.127. The minimum Gasteiger partial charge on any atom is -0.344 e. The SMILES string of the molecule is CCCCC(=O)NC(C(=O)Nc1nnc(-c2ccccc2)s1)C(C)CC. The zero-order chi connectivity index (χ0) is 18.9. The Morgan fingerprint density at radius 1 is 1.15 bits per heavy atom. The Bertz CT molecular complexity index is 717. The number of amides is 2. The fourth-order valence-electron chi connectivity index (χ4n) is 2.44. The molecule has 140 valence electrons. The molecule has 0 aliphatic carbocycles. The van der Waals surface area contributed by atoms with Crippen molar-refractivity contribution in [1.29, 1.82) is 0 Å². The molecule has 0 aliphatic heterocycles. The summed E-state index contributed by atoms with van der Waals surface area (Å²) in [7, 11) is 0. The Morgan fingerprint density at radius 3 is 2.54 bits per heavy atom. The van der Waals surface area contributed by atoms with Crippen LogP contribution in [0.15, 0.2) is 30.3 Å². The molecule has 2 unspecified atom stereocenters. The summed E-state index contributed by atoms with van der Waals surface area (Å²) in [5.41, 5.74) is 0.955. The highest BCUT2D eigenvalue weighted by molar-refractivity contribution is 7.18. The third-order valence-corrected chi connectivity index (χ3v) is 5.13. The topological polar surface area (TPSA) is 84.0 Å². The van der Waals surface area contributed by atoms with Crippen LogP contribution in [0.4, 0.5) is 5.13 Å². The van der Waals surface area contributed by atoms with Crippen molar-refractivity contribution in [3.8, 4) is 10.6 Å². The van der Waals surface area contributed by atoms with E-state index in [0.29, 0.717) is 11.6 Å². The monoisotopic (exact) mass is 374 g/mol. The largest absolute Gasteiger partial charge is 0.344 e. The van der Waals surface area contributed by atoms with Crippen molar-refractivity contribution in [2.24, 2.45) is 5.92 Å². The van der Waals surface area contributed by atoms with Gasteiger partial charge in [-0.2, -0.15) is 0 Å². The van der Waals surface area contributed by atoms with E-state index in [0.717, 1.165) is 29.8 Å². The first-order valence-corrected chi connectivity index (χ1v) is 9.85. The van der Waals surface area contributed by atoms with Crippen LogP contribution in [0.3, 0.4) is 0 Å². The number of hydrogen-bond acceptors (Lipinski definition) is 5. The van der Waals surface area contributed by atoms with Crippen molar-refractivity contribution in [1.82, 2.24) is 15.5 Å². The van der Waals surface area contributed by atoms with E-state index in [1.54, 1.807) is 0 Å². The molecule has 0 bridgehead atoms. The highest BCUT2D eigenvalue weighted by Crippen LogP contribution is 2.26. The van der Waals surface area contributed by atoms with E-state index in [1.165, 1.54) is 11.3 Å². The van der Waals surface area contributed by atoms with Crippen LogP contribution >= 0.6 is 11.3 Å². The molecule has 0 saturated heterocycles. The summed E-state index contributed by atoms with van der Waals surface area (Å²) >= 11 is 1.32. The lowest BCUT2D eigenvalue weighted by Crippen LogP contribution is -2.47. The lowest BCUT2D eigenvalue weighted by atomic mass is 9.98. The van der Waals surface area contributed by atoms with Crippen molar-refractivity contribution >= 4 is 28.3 Å². The fourth-order valence-corrected chi connectivity index (χ4v) is 3.19. The summed E-state index contributed by atoms with van der Waals surface area (Å²) < 4.78 is 0. The number of nitrogens with zero attached hydrogens (tertiary/aromatic N) is 2. The number of benzene rings is 1. The number of hydrogen-bond donors (Lipinski definition) is 2. The Labute approximate surface area is 158 Å². The van der Waals surface area contributed by atoms with Crippen LogP contribution in [0.1, 0.15) is 46.5 Å². The van der Waals surface area contributed by atoms with Gasteiger partial charge in [0.2, 0.25) is 16.9 Å². The Balaban J connectivity index is 2.04. The molecule has 2 N–H and O–H groups in total. The van der Waals surface area contributed by atoms with Gasteiger partial charge in [0, 0.05) is 12.0 Å². The average molecular weight is 375 g/mol. The summed E-state index contributed by atoms with van der Waals surface area (Å²) in [6.45, 7) is 5.99. The third-order valence-electron chi connectivity index (χ3n) is 4.25. The first-order chi connectivity index (χ1) is 12.5. The van der Waals surface area contributed by atoms with Crippen LogP contribution in [-0.2, 0) is 9.59 Å². The smallest absolute Gasteiger partial charge is 0.249 e. The summed E-state index contributed by atoms with van der Waals surface area (Å²) in [5.74, 6) is -0.309. The molecule has 2 amide bonds. The van der Waals surface area contributed by atoms with Crippen molar-refractivity contribution in [2.45, 2.75) is 52.5 Å². The minimum absolute atomic E-state index is 0.0297. The molecule has 1 heterocycles. The summed E-state index contributed by atoms with van der Waals surface area (Å²) in [4.78, 5) is 24.7. The van der Waals surface area contributed by atoms with Crippen molar-refractivity contribution in [2.75, 3.05) is 5.32 Å². The maximum atomic E-state index is 12.7. The van der Waals surface area contributed by atoms with Crippen molar-refractivity contribution in [3.63, 3.8) is 0 Å². The van der Waals surface area contributed by atoms with Gasteiger partial charge in [-0.05, 0) is 12.3 Å². The van der Waals surface area contributed by atoms with Crippen LogP contribution < -0.4 is 10.6 Å². The number of nitrogens with one attached hydrogen (secondary N) is 2. The quantitative estimate of drug-likeness (QED) is 0.698. The molecule has 2 rings (SSSR count). The van der Waals surface area contributed by atoms with Crippen LogP contribution in [0.2, 0.25) is 0 Å². The molecule has 0 aliphatic rings. The molecule has 6 nitrogen and oxygen atoms in total. The maximum Gasteiger partial charge on any atom is 0.249 e. The second kappa shape index (κ2) is 10.0. The zero-order valence-electron chi connectivity index (χ0n) is 15.5. The molecule has 0 saturated carbocycles. The van der Waals surface area contributed by atoms with Crippen molar-refractivity contribution < 1.29 is 9.59 Å². The van der Waals surface area contributed by atoms with Gasteiger partial charge in [-0.3, -0.25) is 14.9 Å². The van der Waals surface area contributed by atoms with Gasteiger partial charge < -0.3 is 5.32 Å². The van der Waals surface area contributed by atoms with E-state index in [1.807, 2.05) is 51.1 Å². The minimum atomic E-state index is -0.576. The van der Waals surface area contributed by atoms with Gasteiger partial charge in [0.15, 0.2) is 0 Å². The maximum absolute atomic E-state index is 12.7. The standard InChI is InChI=1S/C19H26N4O2S/c1-4-6-12-15(24)20-16(13(3)5-2)17(25)21-19-23-22-18(26-19)14-10-8-7-9-11-14/h7-11,13,16H,4-6,12H2,1-3H3,(H,20,24)(H,21,23,25). The highest BCUT2D eigenvalue weighted by Gasteiger charge is 2.26. The number of rotatable bonds is 9. The number of unbranched alkanes of at least 4 members (excludes halogenated alkanes) is 1. The van der Waals surface area contributed by atoms with E-state index >= 15 is 0 Å². The third kappa shape index (κ3) is 5.62. The molecule has 0 fully saturated rings. The predicted octanol–water partition coefficient (Wildman–Crippen LogP) is 3.86. The van der Waals surface area contributed by atoms with Crippen LogP contribution in [0.25, 0.3) is 10.6 Å². The Kier molecular flexibility index (Phi) is 7.72. The van der Waals surface area contributed by atoms with Gasteiger partial charge in [0.25, 0.3) is 0 Å². The van der Waals surface area contributed by atoms with E-state index in [9.17, 15) is 9.59 Å². The van der Waals surface area contributed by atoms with Gasteiger partial charge in [-0.25, -0.2) is 0 Å². The molecule has 2 aromatic rings. The van der Waals surface area contributed by atoms with Gasteiger partial charge in [-0.1, -0.05) is 75.3 Å². The summed E-state index contributed by atoms with van der Waals surface area (Å²) in [6.07, 6.45) is 2.99. The highest BCUT2D eigenvalue weighted by atomic mass is 32.1. The molecule has 1 aromatic heterocycles. The lowest BCUT2D eigenvalue weighted by Gasteiger charge is -2.22. The van der Waals surface area contributed by atoms with Gasteiger partial charge in [0.1, 0.15) is 11.0 Å². The molecular formula is C19H26N4O2S. The average Bonchev–Trinajstić information content (AvgIpc) is 3.12. The van der Waals surface area contributed by atoms with E-state index in [-0.39, 0.29) is 17.7 Å². The Morgan fingerprint density at radius 2 is 1.88 bits per heavy atom. The summed E-state index contributed by atoms with van der Waals surface area (Å²) in [5, 5.41) is 15.0. The fraction of sp³-hybridized carbons (Fsp3) is 0.474. The van der Waals surface area contributed by atoms with Crippen LogP contribution in [0, 0.1) is 5.92 Å². The van der Waals surface area contributed by atoms with Gasteiger partial charge in [0.05, 0.1) is 0 Å². The van der Waals surface area contributed by atoms with Crippen LogP contribution in [0.5, 0.6) is 0 Å². The molecule has 1 aromatic carbocycles.